The minimum Gasteiger partial charge on any atom is -0.388 e. The molecule has 4 heteroatoms. The second-order valence-electron chi connectivity index (χ2n) is 6.36. The maximum absolute atomic E-state index is 12.4. The quantitative estimate of drug-likeness (QED) is 0.748. The molecule has 0 saturated heterocycles. The minimum absolute atomic E-state index is 0.0959. The summed E-state index contributed by atoms with van der Waals surface area (Å²) in [6.07, 6.45) is 2.30. The predicted octanol–water partition coefficient (Wildman–Crippen LogP) is 1.36. The van der Waals surface area contributed by atoms with Crippen LogP contribution in [0.2, 0.25) is 0 Å². The summed E-state index contributed by atoms with van der Waals surface area (Å²) in [5, 5.41) is 13.0. The molecule has 1 aromatic rings. The van der Waals surface area contributed by atoms with E-state index in [1.165, 1.54) is 0 Å². The van der Waals surface area contributed by atoms with Crippen molar-refractivity contribution in [1.82, 2.24) is 4.90 Å². The first-order valence-corrected chi connectivity index (χ1v) is 7.06. The number of benzene rings is 1. The Morgan fingerprint density at radius 2 is 2.25 bits per heavy atom. The van der Waals surface area contributed by atoms with E-state index in [-0.39, 0.29) is 11.9 Å². The van der Waals surface area contributed by atoms with E-state index < -0.39 is 11.5 Å². The Balaban J connectivity index is 2.00. The van der Waals surface area contributed by atoms with Gasteiger partial charge in [-0.15, -0.1) is 0 Å². The lowest BCUT2D eigenvalue weighted by Crippen LogP contribution is -2.49. The van der Waals surface area contributed by atoms with Crippen LogP contribution >= 0.6 is 0 Å². The number of nitrogens with zero attached hydrogens (tertiary/aromatic N) is 1. The van der Waals surface area contributed by atoms with Crippen LogP contribution in [-0.4, -0.2) is 41.7 Å². The molecule has 104 valence electrons. The molecular formula is C16H18N2O2. The molecule has 4 nitrogen and oxygen atoms in total. The highest BCUT2D eigenvalue weighted by Gasteiger charge is 2.51. The van der Waals surface area contributed by atoms with E-state index in [9.17, 15) is 9.90 Å². The monoisotopic (exact) mass is 270 g/mol. The summed E-state index contributed by atoms with van der Waals surface area (Å²) in [6, 6.07) is 6.22. The summed E-state index contributed by atoms with van der Waals surface area (Å²) in [4.78, 5) is 14.6. The third-order valence-corrected chi connectivity index (χ3v) is 5.02. The number of carbonyl (C=O) groups excluding carboxylic acids is 1. The average molecular weight is 270 g/mol. The number of hydrogen-bond donors (Lipinski definition) is 2. The number of nitrogens with one attached hydrogen (secondary N) is 1. The zero-order valence-electron chi connectivity index (χ0n) is 11.7. The lowest BCUT2D eigenvalue weighted by Gasteiger charge is -2.44. The van der Waals surface area contributed by atoms with Crippen molar-refractivity contribution in [3.63, 3.8) is 0 Å². The van der Waals surface area contributed by atoms with E-state index in [2.05, 4.69) is 16.3 Å². The molecule has 2 heterocycles. The van der Waals surface area contributed by atoms with Gasteiger partial charge in [0.25, 0.3) is 0 Å². The van der Waals surface area contributed by atoms with Crippen LogP contribution in [0.15, 0.2) is 24.3 Å². The first-order chi connectivity index (χ1) is 9.50. The summed E-state index contributed by atoms with van der Waals surface area (Å²) >= 11 is 0. The molecule has 0 unspecified atom stereocenters. The van der Waals surface area contributed by atoms with E-state index in [0.717, 1.165) is 28.8 Å². The van der Waals surface area contributed by atoms with Gasteiger partial charge in [0.15, 0.2) is 0 Å². The van der Waals surface area contributed by atoms with E-state index in [1.807, 2.05) is 32.2 Å². The molecule has 0 bridgehead atoms. The van der Waals surface area contributed by atoms with Crippen LogP contribution in [0.1, 0.15) is 24.5 Å². The molecule has 0 spiro atoms. The smallest absolute Gasteiger partial charge is 0.234 e. The highest BCUT2D eigenvalue weighted by Crippen LogP contribution is 2.51. The molecule has 1 amide bonds. The Kier molecular flexibility index (Phi) is 2.25. The lowest BCUT2D eigenvalue weighted by molar-refractivity contribution is -0.121. The molecule has 0 fully saturated rings. The molecule has 1 aromatic carbocycles. The van der Waals surface area contributed by atoms with Crippen LogP contribution in [0.25, 0.3) is 5.57 Å². The number of amides is 1. The number of carbonyl (C=O) groups is 1. The molecular weight excluding hydrogens is 252 g/mol. The second-order valence-corrected chi connectivity index (χ2v) is 6.36. The number of fused-ring (bicyclic) bond motifs is 2. The Hall–Kier alpha value is -1.65. The fourth-order valence-electron chi connectivity index (χ4n) is 4.01. The van der Waals surface area contributed by atoms with Crippen LogP contribution in [-0.2, 0) is 10.2 Å². The number of aliphatic hydroxyl groups excluding tert-OH is 1. The molecule has 4 rings (SSSR count). The Morgan fingerprint density at radius 1 is 1.45 bits per heavy atom. The largest absolute Gasteiger partial charge is 0.388 e. The van der Waals surface area contributed by atoms with Gasteiger partial charge in [0.05, 0.1) is 11.5 Å². The molecule has 3 aliphatic rings. The third kappa shape index (κ3) is 1.35. The molecule has 20 heavy (non-hydrogen) atoms. The van der Waals surface area contributed by atoms with Crippen LogP contribution in [0, 0.1) is 0 Å². The lowest BCUT2D eigenvalue weighted by atomic mass is 9.67. The van der Waals surface area contributed by atoms with Gasteiger partial charge in [0.1, 0.15) is 0 Å². The van der Waals surface area contributed by atoms with Gasteiger partial charge in [0, 0.05) is 18.3 Å². The zero-order chi connectivity index (χ0) is 14.1. The van der Waals surface area contributed by atoms with Gasteiger partial charge in [-0.25, -0.2) is 0 Å². The fourth-order valence-corrected chi connectivity index (χ4v) is 4.01. The van der Waals surface area contributed by atoms with Crippen molar-refractivity contribution >= 4 is 17.2 Å². The number of aliphatic hydroxyl groups is 1. The topological polar surface area (TPSA) is 52.6 Å². The maximum Gasteiger partial charge on any atom is 0.234 e. The van der Waals surface area contributed by atoms with Crippen molar-refractivity contribution in [2.45, 2.75) is 30.9 Å². The first-order valence-electron chi connectivity index (χ1n) is 7.06. The van der Waals surface area contributed by atoms with Crippen molar-refractivity contribution in [3.05, 3.63) is 35.4 Å². The Morgan fingerprint density at radius 3 is 3.05 bits per heavy atom. The highest BCUT2D eigenvalue weighted by atomic mass is 16.3. The number of anilines is 1. The van der Waals surface area contributed by atoms with Crippen molar-refractivity contribution < 1.29 is 9.90 Å². The molecule has 0 radical (unpaired) electrons. The maximum atomic E-state index is 12.4. The van der Waals surface area contributed by atoms with Crippen molar-refractivity contribution in [2.75, 3.05) is 18.9 Å². The first kappa shape index (κ1) is 12.1. The normalized spacial score (nSPS) is 35.1. The van der Waals surface area contributed by atoms with Gasteiger partial charge >= 0.3 is 0 Å². The summed E-state index contributed by atoms with van der Waals surface area (Å²) in [7, 11) is 2.02. The van der Waals surface area contributed by atoms with Gasteiger partial charge in [-0.05, 0) is 49.2 Å². The minimum atomic E-state index is -0.454. The highest BCUT2D eigenvalue weighted by molar-refractivity contribution is 6.09. The molecule has 3 atom stereocenters. The summed E-state index contributed by atoms with van der Waals surface area (Å²) in [5.41, 5.74) is 3.86. The van der Waals surface area contributed by atoms with Gasteiger partial charge < -0.3 is 10.4 Å². The molecule has 0 saturated carbocycles. The SMILES string of the molecule is CN1C[C@H](O)C=C2c3cccc4c3[C@](C)(C[C@H]21)C(=O)N4. The molecule has 2 N–H and O–H groups in total. The van der Waals surface area contributed by atoms with E-state index in [4.69, 9.17) is 0 Å². The van der Waals surface area contributed by atoms with Crippen molar-refractivity contribution in [2.24, 2.45) is 0 Å². The number of rotatable bonds is 0. The number of hydrogen-bond acceptors (Lipinski definition) is 3. The van der Waals surface area contributed by atoms with Gasteiger partial charge in [-0.3, -0.25) is 9.69 Å². The third-order valence-electron chi connectivity index (χ3n) is 5.02. The van der Waals surface area contributed by atoms with Gasteiger partial charge in [-0.1, -0.05) is 12.1 Å². The number of β-amino-alcohol motifs (C(OH)–C–C–N with tert-alkyl or cyclic N) is 1. The van der Waals surface area contributed by atoms with Gasteiger partial charge in [0.2, 0.25) is 5.91 Å². The molecule has 2 aliphatic heterocycles. The summed E-state index contributed by atoms with van der Waals surface area (Å²) < 4.78 is 0. The average Bonchev–Trinajstić information content (AvgIpc) is 2.65. The molecule has 1 aliphatic carbocycles. The molecule has 0 aromatic heterocycles. The van der Waals surface area contributed by atoms with E-state index >= 15 is 0 Å². The van der Waals surface area contributed by atoms with Crippen molar-refractivity contribution in [3.8, 4) is 0 Å². The standard InChI is InChI=1S/C16H18N2O2/c1-16-7-13-11(6-9(19)8-18(13)2)10-4-3-5-12(14(10)16)17-15(16)20/h3-6,9,13,19H,7-8H2,1-2H3,(H,17,20)/t9-,13-,16+/m1/s1. The predicted molar refractivity (Wildman–Crippen MR) is 77.4 cm³/mol. The van der Waals surface area contributed by atoms with Crippen LogP contribution in [0.3, 0.4) is 0 Å². The Labute approximate surface area is 118 Å². The fraction of sp³-hybridized carbons (Fsp3) is 0.438. The Bertz CT molecular complexity index is 652. The van der Waals surface area contributed by atoms with Crippen LogP contribution < -0.4 is 5.32 Å². The second kappa shape index (κ2) is 3.71. The number of likely N-dealkylation sites (N-methyl/N-ethyl adjacent to an activating group) is 1. The summed E-state index contributed by atoms with van der Waals surface area (Å²) in [6.45, 7) is 2.66. The van der Waals surface area contributed by atoms with Crippen LogP contribution in [0.4, 0.5) is 5.69 Å². The van der Waals surface area contributed by atoms with Gasteiger partial charge in [-0.2, -0.15) is 0 Å². The summed E-state index contributed by atoms with van der Waals surface area (Å²) in [5.74, 6) is 0.0959. The van der Waals surface area contributed by atoms with Crippen molar-refractivity contribution in [1.29, 1.82) is 0 Å². The van der Waals surface area contributed by atoms with Crippen LogP contribution in [0.5, 0.6) is 0 Å². The van der Waals surface area contributed by atoms with E-state index in [1.54, 1.807) is 0 Å². The zero-order valence-corrected chi connectivity index (χ0v) is 11.7. The van der Waals surface area contributed by atoms with E-state index in [0.29, 0.717) is 6.54 Å².